The number of hydrogen-bond acceptors (Lipinski definition) is 2. The van der Waals surface area contributed by atoms with Gasteiger partial charge in [0, 0.05) is 22.7 Å². The van der Waals surface area contributed by atoms with Crippen molar-refractivity contribution < 1.29 is 4.39 Å². The van der Waals surface area contributed by atoms with Crippen molar-refractivity contribution in [2.45, 2.75) is 44.4 Å². The van der Waals surface area contributed by atoms with Gasteiger partial charge in [-0.3, -0.25) is 9.78 Å². The van der Waals surface area contributed by atoms with Crippen LogP contribution in [-0.4, -0.2) is 9.97 Å². The Morgan fingerprint density at radius 2 is 1.93 bits per heavy atom. The summed E-state index contributed by atoms with van der Waals surface area (Å²) in [4.78, 5) is 18.7. The maximum absolute atomic E-state index is 13.4. The van der Waals surface area contributed by atoms with Crippen molar-refractivity contribution in [2.24, 2.45) is 11.8 Å². The minimum atomic E-state index is -0.384. The fourth-order valence-corrected chi connectivity index (χ4v) is 5.13. The summed E-state index contributed by atoms with van der Waals surface area (Å²) in [6, 6.07) is 4.30. The highest BCUT2D eigenvalue weighted by Gasteiger charge is 2.29. The van der Waals surface area contributed by atoms with Gasteiger partial charge in [0.15, 0.2) is 4.77 Å². The molecule has 3 nitrogen and oxygen atoms in total. The first-order valence-electron chi connectivity index (χ1n) is 10.1. The number of aromatic nitrogens is 2. The SMILES string of the molecule is O=c1[nH]c(=S)[nH]c(C2CCC(C3C=CC=CC3)CC2)c1Cc1ccc(F)cc1Cl. The number of benzene rings is 1. The summed E-state index contributed by atoms with van der Waals surface area (Å²) in [5, 5.41) is 0.332. The van der Waals surface area contributed by atoms with Crippen LogP contribution in [0.15, 0.2) is 47.3 Å². The van der Waals surface area contributed by atoms with Crippen LogP contribution in [0.4, 0.5) is 4.39 Å². The highest BCUT2D eigenvalue weighted by atomic mass is 35.5. The van der Waals surface area contributed by atoms with E-state index >= 15 is 0 Å². The normalized spacial score (nSPS) is 24.0. The zero-order valence-corrected chi connectivity index (χ0v) is 17.7. The molecule has 0 spiro atoms. The van der Waals surface area contributed by atoms with E-state index in [9.17, 15) is 9.18 Å². The van der Waals surface area contributed by atoms with Gasteiger partial charge in [-0.25, -0.2) is 4.39 Å². The molecule has 6 heteroatoms. The minimum absolute atomic E-state index is 0.188. The molecule has 29 heavy (non-hydrogen) atoms. The first kappa shape index (κ1) is 20.3. The van der Waals surface area contributed by atoms with E-state index in [1.165, 1.54) is 12.1 Å². The first-order chi connectivity index (χ1) is 14.0. The highest BCUT2D eigenvalue weighted by molar-refractivity contribution is 7.71. The van der Waals surface area contributed by atoms with E-state index in [-0.39, 0.29) is 17.3 Å². The molecule has 1 unspecified atom stereocenters. The molecule has 1 aromatic heterocycles. The van der Waals surface area contributed by atoms with Gasteiger partial charge in [0.1, 0.15) is 5.82 Å². The lowest BCUT2D eigenvalue weighted by Gasteiger charge is -2.33. The molecule has 2 aromatic rings. The van der Waals surface area contributed by atoms with Crippen molar-refractivity contribution in [3.63, 3.8) is 0 Å². The lowest BCUT2D eigenvalue weighted by Crippen LogP contribution is -2.25. The van der Waals surface area contributed by atoms with E-state index in [1.54, 1.807) is 6.07 Å². The van der Waals surface area contributed by atoms with Crippen LogP contribution >= 0.6 is 23.8 Å². The molecule has 1 aromatic carbocycles. The number of H-pyrrole nitrogens is 2. The Kier molecular flexibility index (Phi) is 6.16. The van der Waals surface area contributed by atoms with Crippen molar-refractivity contribution in [1.29, 1.82) is 0 Å². The third-order valence-electron chi connectivity index (χ3n) is 6.26. The Morgan fingerprint density at radius 1 is 1.14 bits per heavy atom. The molecule has 152 valence electrons. The van der Waals surface area contributed by atoms with Crippen LogP contribution < -0.4 is 5.56 Å². The van der Waals surface area contributed by atoms with Crippen LogP contribution in [0.5, 0.6) is 0 Å². The Balaban J connectivity index is 1.57. The van der Waals surface area contributed by atoms with Crippen LogP contribution in [-0.2, 0) is 6.42 Å². The Hall–Kier alpha value is -1.98. The van der Waals surface area contributed by atoms with Gasteiger partial charge in [0.05, 0.1) is 0 Å². The average molecular weight is 431 g/mol. The van der Waals surface area contributed by atoms with Crippen molar-refractivity contribution in [3.8, 4) is 0 Å². The van der Waals surface area contributed by atoms with Gasteiger partial charge in [-0.1, -0.05) is 42.0 Å². The number of aromatic amines is 2. The monoisotopic (exact) mass is 430 g/mol. The summed E-state index contributed by atoms with van der Waals surface area (Å²) in [7, 11) is 0. The highest BCUT2D eigenvalue weighted by Crippen LogP contribution is 2.41. The van der Waals surface area contributed by atoms with Gasteiger partial charge < -0.3 is 4.98 Å². The molecular formula is C23H24ClFN2OS. The van der Waals surface area contributed by atoms with E-state index in [0.717, 1.165) is 43.4 Å². The molecule has 0 aliphatic heterocycles. The van der Waals surface area contributed by atoms with Crippen LogP contribution in [0.25, 0.3) is 0 Å². The third kappa shape index (κ3) is 4.62. The van der Waals surface area contributed by atoms with E-state index in [4.69, 9.17) is 23.8 Å². The number of halogens is 2. The molecule has 2 aliphatic rings. The second-order valence-corrected chi connectivity index (χ2v) is 8.85. The summed E-state index contributed by atoms with van der Waals surface area (Å²) in [5.74, 6) is 1.20. The largest absolute Gasteiger partial charge is 0.335 e. The van der Waals surface area contributed by atoms with Gasteiger partial charge in [-0.2, -0.15) is 0 Å². The van der Waals surface area contributed by atoms with Gasteiger partial charge in [-0.15, -0.1) is 0 Å². The smallest absolute Gasteiger partial charge is 0.255 e. The summed E-state index contributed by atoms with van der Waals surface area (Å²) in [6.07, 6.45) is 14.6. The third-order valence-corrected chi connectivity index (χ3v) is 6.81. The molecular weight excluding hydrogens is 407 g/mol. The summed E-state index contributed by atoms with van der Waals surface area (Å²) in [5.41, 5.74) is 2.11. The zero-order chi connectivity index (χ0) is 20.4. The number of hydrogen-bond donors (Lipinski definition) is 2. The van der Waals surface area contributed by atoms with Crippen LogP contribution in [0, 0.1) is 22.4 Å². The zero-order valence-electron chi connectivity index (χ0n) is 16.1. The molecule has 0 saturated heterocycles. The predicted molar refractivity (Wildman–Crippen MR) is 118 cm³/mol. The maximum Gasteiger partial charge on any atom is 0.255 e. The molecule has 2 aliphatic carbocycles. The predicted octanol–water partition coefficient (Wildman–Crippen LogP) is 6.22. The van der Waals surface area contributed by atoms with Crippen molar-refractivity contribution in [2.75, 3.05) is 0 Å². The van der Waals surface area contributed by atoms with Crippen molar-refractivity contribution >= 4 is 23.8 Å². The minimum Gasteiger partial charge on any atom is -0.335 e. The number of rotatable bonds is 4. The summed E-state index contributed by atoms with van der Waals surface area (Å²) < 4.78 is 13.7. The second-order valence-electron chi connectivity index (χ2n) is 8.04. The molecule has 0 radical (unpaired) electrons. The standard InChI is InChI=1S/C23H24ClFN2OS/c24-20-13-18(25)11-10-17(20)12-19-21(26-23(29)27-22(19)28)16-8-6-15(7-9-16)14-4-2-1-3-5-14/h1-4,10-11,13-16H,5-9,12H2,(H2,26,27,28,29). The lowest BCUT2D eigenvalue weighted by atomic mass is 9.72. The first-order valence-corrected chi connectivity index (χ1v) is 10.9. The molecule has 1 heterocycles. The second kappa shape index (κ2) is 8.80. The molecule has 1 saturated carbocycles. The van der Waals surface area contributed by atoms with E-state index < -0.39 is 0 Å². The van der Waals surface area contributed by atoms with E-state index in [1.807, 2.05) is 0 Å². The van der Waals surface area contributed by atoms with Gasteiger partial charge in [0.25, 0.3) is 5.56 Å². The summed E-state index contributed by atoms with van der Waals surface area (Å²) in [6.45, 7) is 0. The van der Waals surface area contributed by atoms with Gasteiger partial charge in [-0.05, 0) is 79.8 Å². The molecule has 4 rings (SSSR count). The van der Waals surface area contributed by atoms with Crippen LogP contribution in [0.2, 0.25) is 5.02 Å². The molecule has 2 N–H and O–H groups in total. The van der Waals surface area contributed by atoms with Crippen molar-refractivity contribution in [3.05, 3.63) is 85.3 Å². The Labute approximate surface area is 179 Å². The van der Waals surface area contributed by atoms with Crippen LogP contribution in [0.3, 0.4) is 0 Å². The molecule has 1 fully saturated rings. The Morgan fingerprint density at radius 3 is 2.62 bits per heavy atom. The Bertz CT molecular complexity index is 1060. The number of nitrogens with one attached hydrogen (secondary N) is 2. The maximum atomic E-state index is 13.4. The number of allylic oxidation sites excluding steroid dienone is 4. The fraction of sp³-hybridized carbons (Fsp3) is 0.391. The van der Waals surface area contributed by atoms with E-state index in [2.05, 4.69) is 34.3 Å². The summed E-state index contributed by atoms with van der Waals surface area (Å²) >= 11 is 11.5. The lowest BCUT2D eigenvalue weighted by molar-refractivity contribution is 0.262. The molecule has 0 amide bonds. The van der Waals surface area contributed by atoms with Gasteiger partial charge in [0.2, 0.25) is 0 Å². The van der Waals surface area contributed by atoms with Crippen LogP contribution in [0.1, 0.15) is 54.8 Å². The average Bonchev–Trinajstić information content (AvgIpc) is 2.72. The molecule has 0 bridgehead atoms. The van der Waals surface area contributed by atoms with Crippen molar-refractivity contribution in [1.82, 2.24) is 9.97 Å². The van der Waals surface area contributed by atoms with E-state index in [0.29, 0.717) is 33.6 Å². The molecule has 1 atom stereocenters. The van der Waals surface area contributed by atoms with Gasteiger partial charge >= 0.3 is 0 Å². The quantitative estimate of drug-likeness (QED) is 0.565. The fourth-order valence-electron chi connectivity index (χ4n) is 4.69. The topological polar surface area (TPSA) is 48.6 Å².